The van der Waals surface area contributed by atoms with Crippen LogP contribution in [0.3, 0.4) is 0 Å². The van der Waals surface area contributed by atoms with Crippen LogP contribution in [-0.4, -0.2) is 24.3 Å². The number of hydrogen-bond acceptors (Lipinski definition) is 3. The Kier molecular flexibility index (Phi) is 4.51. The van der Waals surface area contributed by atoms with Crippen molar-refractivity contribution in [3.8, 4) is 0 Å². The van der Waals surface area contributed by atoms with Crippen molar-refractivity contribution in [2.45, 2.75) is 24.9 Å². The predicted octanol–water partition coefficient (Wildman–Crippen LogP) is 1.61. The maximum atomic E-state index is 12.6. The smallest absolute Gasteiger partial charge is 0.244 e. The molecule has 0 amide bonds. The lowest BCUT2D eigenvalue weighted by molar-refractivity contribution is 0.466. The fourth-order valence-electron chi connectivity index (χ4n) is 2.14. The molecule has 1 heterocycles. The van der Waals surface area contributed by atoms with E-state index in [2.05, 4.69) is 0 Å². The zero-order valence-corrected chi connectivity index (χ0v) is 13.4. The summed E-state index contributed by atoms with van der Waals surface area (Å²) in [6, 6.07) is 9.46. The van der Waals surface area contributed by atoms with Gasteiger partial charge < -0.3 is 10.3 Å². The number of aromatic nitrogens is 1. The minimum atomic E-state index is -3.50. The van der Waals surface area contributed by atoms with Crippen molar-refractivity contribution in [2.24, 2.45) is 12.8 Å². The standard InChI is InChI=1S/C15H21N3O2S/c1-12-4-6-13(7-5-12)10-18(3)21(19,20)15-8-14(9-16)17(2)11-15/h4-8,11H,9-10,16H2,1-3H3. The second kappa shape index (κ2) is 6.01. The monoisotopic (exact) mass is 307 g/mol. The summed E-state index contributed by atoms with van der Waals surface area (Å²) in [6.07, 6.45) is 1.60. The fourth-order valence-corrected chi connectivity index (χ4v) is 3.39. The zero-order chi connectivity index (χ0) is 15.6. The number of rotatable bonds is 5. The largest absolute Gasteiger partial charge is 0.352 e. The zero-order valence-electron chi connectivity index (χ0n) is 12.6. The summed E-state index contributed by atoms with van der Waals surface area (Å²) < 4.78 is 28.2. The van der Waals surface area contributed by atoms with Gasteiger partial charge >= 0.3 is 0 Å². The molecule has 0 spiro atoms. The van der Waals surface area contributed by atoms with Crippen LogP contribution in [0.2, 0.25) is 0 Å². The summed E-state index contributed by atoms with van der Waals surface area (Å²) in [6.45, 7) is 2.66. The van der Waals surface area contributed by atoms with Crippen molar-refractivity contribution in [3.63, 3.8) is 0 Å². The third-order valence-corrected chi connectivity index (χ3v) is 5.29. The van der Waals surface area contributed by atoms with E-state index in [1.165, 1.54) is 4.31 Å². The van der Waals surface area contributed by atoms with Gasteiger partial charge in [0, 0.05) is 39.1 Å². The van der Waals surface area contributed by atoms with Gasteiger partial charge in [-0.2, -0.15) is 4.31 Å². The Balaban J connectivity index is 2.23. The molecule has 0 aliphatic carbocycles. The summed E-state index contributed by atoms with van der Waals surface area (Å²) in [7, 11) is -0.122. The van der Waals surface area contributed by atoms with Crippen molar-refractivity contribution in [1.82, 2.24) is 8.87 Å². The van der Waals surface area contributed by atoms with Crippen molar-refractivity contribution in [2.75, 3.05) is 7.05 Å². The first-order valence-corrected chi connectivity index (χ1v) is 8.16. The van der Waals surface area contributed by atoms with E-state index >= 15 is 0 Å². The molecule has 0 saturated heterocycles. The van der Waals surface area contributed by atoms with Crippen LogP contribution in [0.15, 0.2) is 41.4 Å². The molecule has 5 nitrogen and oxygen atoms in total. The van der Waals surface area contributed by atoms with Gasteiger partial charge in [0.1, 0.15) is 4.90 Å². The molecule has 2 aromatic rings. The number of sulfonamides is 1. The average molecular weight is 307 g/mol. The molecule has 0 bridgehead atoms. The van der Waals surface area contributed by atoms with Crippen LogP contribution in [0.4, 0.5) is 0 Å². The van der Waals surface area contributed by atoms with Gasteiger partial charge in [-0.15, -0.1) is 0 Å². The number of nitrogens with zero attached hydrogens (tertiary/aromatic N) is 2. The minimum Gasteiger partial charge on any atom is -0.352 e. The Morgan fingerprint density at radius 2 is 1.86 bits per heavy atom. The molecule has 0 atom stereocenters. The van der Waals surface area contributed by atoms with Crippen molar-refractivity contribution in [1.29, 1.82) is 0 Å². The van der Waals surface area contributed by atoms with E-state index < -0.39 is 10.0 Å². The summed E-state index contributed by atoms with van der Waals surface area (Å²) >= 11 is 0. The molecular formula is C15H21N3O2S. The summed E-state index contributed by atoms with van der Waals surface area (Å²) in [5.41, 5.74) is 8.49. The first kappa shape index (κ1) is 15.8. The predicted molar refractivity (Wildman–Crippen MR) is 83.1 cm³/mol. The molecule has 0 radical (unpaired) electrons. The van der Waals surface area contributed by atoms with Crippen molar-refractivity contribution in [3.05, 3.63) is 53.3 Å². The second-order valence-electron chi connectivity index (χ2n) is 5.23. The van der Waals surface area contributed by atoms with Crippen LogP contribution in [0.25, 0.3) is 0 Å². The van der Waals surface area contributed by atoms with Gasteiger partial charge in [0.05, 0.1) is 0 Å². The first-order valence-electron chi connectivity index (χ1n) is 6.72. The molecule has 21 heavy (non-hydrogen) atoms. The SMILES string of the molecule is Cc1ccc(CN(C)S(=O)(=O)c2cc(CN)n(C)c2)cc1. The Morgan fingerprint density at radius 1 is 1.24 bits per heavy atom. The van der Waals surface area contributed by atoms with Crippen LogP contribution in [0.5, 0.6) is 0 Å². The Labute approximate surface area is 126 Å². The second-order valence-corrected chi connectivity index (χ2v) is 7.27. The van der Waals surface area contributed by atoms with Crippen LogP contribution in [-0.2, 0) is 30.2 Å². The molecular weight excluding hydrogens is 286 g/mol. The Morgan fingerprint density at radius 3 is 2.38 bits per heavy atom. The molecule has 0 aliphatic rings. The lowest BCUT2D eigenvalue weighted by Gasteiger charge is -2.16. The lowest BCUT2D eigenvalue weighted by atomic mass is 10.1. The van der Waals surface area contributed by atoms with E-state index in [1.54, 1.807) is 30.9 Å². The summed E-state index contributed by atoms with van der Waals surface area (Å²) in [5, 5.41) is 0. The normalized spacial score (nSPS) is 12.0. The third kappa shape index (κ3) is 3.34. The Bertz CT molecular complexity index is 718. The minimum absolute atomic E-state index is 0.278. The van der Waals surface area contributed by atoms with Gasteiger partial charge in [-0.05, 0) is 18.6 Å². The number of aryl methyl sites for hydroxylation is 2. The number of hydrogen-bond donors (Lipinski definition) is 1. The fraction of sp³-hybridized carbons (Fsp3) is 0.333. The molecule has 0 aliphatic heterocycles. The van der Waals surface area contributed by atoms with Crippen LogP contribution in [0, 0.1) is 6.92 Å². The average Bonchev–Trinajstić information content (AvgIpc) is 2.83. The summed E-state index contributed by atoms with van der Waals surface area (Å²) in [5.74, 6) is 0. The molecule has 1 aromatic heterocycles. The van der Waals surface area contributed by atoms with E-state index in [-0.39, 0.29) is 4.90 Å². The maximum Gasteiger partial charge on any atom is 0.244 e. The van der Waals surface area contributed by atoms with E-state index in [4.69, 9.17) is 5.73 Å². The van der Waals surface area contributed by atoms with Gasteiger partial charge in [0.15, 0.2) is 0 Å². The highest BCUT2D eigenvalue weighted by Gasteiger charge is 2.23. The molecule has 2 rings (SSSR count). The molecule has 0 unspecified atom stereocenters. The van der Waals surface area contributed by atoms with E-state index in [9.17, 15) is 8.42 Å². The quantitative estimate of drug-likeness (QED) is 0.912. The molecule has 114 valence electrons. The molecule has 6 heteroatoms. The van der Waals surface area contributed by atoms with Gasteiger partial charge in [-0.1, -0.05) is 29.8 Å². The van der Waals surface area contributed by atoms with Crippen molar-refractivity contribution < 1.29 is 8.42 Å². The third-order valence-electron chi connectivity index (χ3n) is 3.53. The lowest BCUT2D eigenvalue weighted by Crippen LogP contribution is -2.26. The highest BCUT2D eigenvalue weighted by molar-refractivity contribution is 7.89. The summed E-state index contributed by atoms with van der Waals surface area (Å²) in [4.78, 5) is 0.278. The van der Waals surface area contributed by atoms with E-state index in [1.807, 2.05) is 31.2 Å². The van der Waals surface area contributed by atoms with E-state index in [0.29, 0.717) is 13.1 Å². The highest BCUT2D eigenvalue weighted by atomic mass is 32.2. The van der Waals surface area contributed by atoms with Crippen LogP contribution >= 0.6 is 0 Å². The molecule has 0 saturated carbocycles. The van der Waals surface area contributed by atoms with Gasteiger partial charge in [0.2, 0.25) is 10.0 Å². The van der Waals surface area contributed by atoms with Gasteiger partial charge in [-0.3, -0.25) is 0 Å². The topological polar surface area (TPSA) is 68.3 Å². The molecule has 0 fully saturated rings. The maximum absolute atomic E-state index is 12.6. The Hall–Kier alpha value is -1.63. The van der Waals surface area contributed by atoms with E-state index in [0.717, 1.165) is 16.8 Å². The number of nitrogens with two attached hydrogens (primary N) is 1. The molecule has 2 N–H and O–H groups in total. The first-order chi connectivity index (χ1) is 9.84. The highest BCUT2D eigenvalue weighted by Crippen LogP contribution is 2.19. The van der Waals surface area contributed by atoms with Crippen LogP contribution in [0.1, 0.15) is 16.8 Å². The van der Waals surface area contributed by atoms with Gasteiger partial charge in [0.25, 0.3) is 0 Å². The van der Waals surface area contributed by atoms with Crippen LogP contribution < -0.4 is 5.73 Å². The van der Waals surface area contributed by atoms with Crippen molar-refractivity contribution >= 4 is 10.0 Å². The molecule has 1 aromatic carbocycles. The number of benzene rings is 1. The van der Waals surface area contributed by atoms with Gasteiger partial charge in [-0.25, -0.2) is 8.42 Å².